The van der Waals surface area contributed by atoms with Crippen molar-refractivity contribution in [1.29, 1.82) is 0 Å². The number of halogens is 1. The molecule has 1 heteroatoms. The third kappa shape index (κ3) is 1.98. The zero-order chi connectivity index (χ0) is 6.69. The monoisotopic (exact) mass is 186 g/mol. The first kappa shape index (κ1) is 7.07. The molecule has 0 N–H and O–H groups in total. The zero-order valence-electron chi connectivity index (χ0n) is 5.65. The summed E-state index contributed by atoms with van der Waals surface area (Å²) in [6.07, 6.45) is 6.88. The lowest BCUT2D eigenvalue weighted by atomic mass is 10.0. The first-order valence-electron chi connectivity index (χ1n) is 3.22. The molecule has 0 aromatic rings. The molecule has 0 aliphatic heterocycles. The van der Waals surface area contributed by atoms with Gasteiger partial charge in [-0.15, -0.1) is 0 Å². The number of alkyl halides is 1. The van der Waals surface area contributed by atoms with E-state index >= 15 is 0 Å². The van der Waals surface area contributed by atoms with Crippen LogP contribution in [0.3, 0.4) is 0 Å². The van der Waals surface area contributed by atoms with Gasteiger partial charge >= 0.3 is 0 Å². The Bertz CT molecular complexity index is 154. The Morgan fingerprint density at radius 2 is 2.33 bits per heavy atom. The molecule has 1 aliphatic carbocycles. The Hall–Kier alpha value is -0.0400. The van der Waals surface area contributed by atoms with Gasteiger partial charge in [-0.1, -0.05) is 39.2 Å². The topological polar surface area (TPSA) is 0 Å². The van der Waals surface area contributed by atoms with Crippen LogP contribution in [0.15, 0.2) is 23.3 Å². The SMILES string of the molecule is CC1=CCC=C(CBr)C1. The highest BCUT2D eigenvalue weighted by molar-refractivity contribution is 9.09. The average molecular weight is 187 g/mol. The van der Waals surface area contributed by atoms with E-state index in [1.807, 2.05) is 0 Å². The molecule has 0 nitrogen and oxygen atoms in total. The summed E-state index contributed by atoms with van der Waals surface area (Å²) in [5, 5.41) is 1.04. The second kappa shape index (κ2) is 3.21. The summed E-state index contributed by atoms with van der Waals surface area (Å²) in [6, 6.07) is 0. The van der Waals surface area contributed by atoms with Crippen LogP contribution in [0.5, 0.6) is 0 Å². The van der Waals surface area contributed by atoms with Crippen LogP contribution in [0.25, 0.3) is 0 Å². The van der Waals surface area contributed by atoms with Crippen molar-refractivity contribution in [1.82, 2.24) is 0 Å². The zero-order valence-corrected chi connectivity index (χ0v) is 7.24. The number of rotatable bonds is 1. The van der Waals surface area contributed by atoms with Crippen molar-refractivity contribution in [3.8, 4) is 0 Å². The molecule has 9 heavy (non-hydrogen) atoms. The summed E-state index contributed by atoms with van der Waals surface area (Å²) in [7, 11) is 0. The van der Waals surface area contributed by atoms with Gasteiger partial charge in [0.05, 0.1) is 0 Å². The summed E-state index contributed by atoms with van der Waals surface area (Å²) in [4.78, 5) is 0. The van der Waals surface area contributed by atoms with Gasteiger partial charge in [0.1, 0.15) is 0 Å². The van der Waals surface area contributed by atoms with Crippen LogP contribution in [0, 0.1) is 0 Å². The largest absolute Gasteiger partial charge is 0.0880 e. The lowest BCUT2D eigenvalue weighted by Gasteiger charge is -2.08. The number of allylic oxidation sites excluding steroid dienone is 4. The standard InChI is InChI=1S/C8H11Br/c1-7-3-2-4-8(5-7)6-9/h3-4H,2,5-6H2,1H3. The predicted octanol–water partition coefficient (Wildman–Crippen LogP) is 3.05. The maximum absolute atomic E-state index is 3.44. The maximum Gasteiger partial charge on any atom is 0.0245 e. The van der Waals surface area contributed by atoms with E-state index in [2.05, 4.69) is 35.0 Å². The van der Waals surface area contributed by atoms with Crippen molar-refractivity contribution in [3.05, 3.63) is 23.3 Å². The molecule has 0 unspecified atom stereocenters. The molecular weight excluding hydrogens is 176 g/mol. The Balaban J connectivity index is 2.51. The van der Waals surface area contributed by atoms with E-state index in [1.165, 1.54) is 17.6 Å². The number of hydrogen-bond donors (Lipinski definition) is 0. The molecule has 0 heterocycles. The molecule has 0 saturated heterocycles. The van der Waals surface area contributed by atoms with Crippen molar-refractivity contribution in [2.45, 2.75) is 19.8 Å². The van der Waals surface area contributed by atoms with Crippen molar-refractivity contribution >= 4 is 15.9 Å². The Labute approximate surface area is 64.8 Å². The van der Waals surface area contributed by atoms with E-state index < -0.39 is 0 Å². The van der Waals surface area contributed by atoms with Crippen LogP contribution >= 0.6 is 15.9 Å². The molecular formula is C8H11Br. The van der Waals surface area contributed by atoms with Gasteiger partial charge in [-0.05, 0) is 19.8 Å². The van der Waals surface area contributed by atoms with Gasteiger partial charge in [0.15, 0.2) is 0 Å². The molecule has 0 aromatic heterocycles. The summed E-state index contributed by atoms with van der Waals surface area (Å²) < 4.78 is 0. The van der Waals surface area contributed by atoms with Crippen LogP contribution in [0.1, 0.15) is 19.8 Å². The van der Waals surface area contributed by atoms with Gasteiger partial charge in [0, 0.05) is 5.33 Å². The Morgan fingerprint density at radius 3 is 2.78 bits per heavy atom. The quantitative estimate of drug-likeness (QED) is 0.437. The first-order valence-corrected chi connectivity index (χ1v) is 4.34. The fourth-order valence-corrected chi connectivity index (χ4v) is 1.46. The third-order valence-electron chi connectivity index (χ3n) is 1.55. The smallest absolute Gasteiger partial charge is 0.0245 e. The van der Waals surface area contributed by atoms with Crippen LogP contribution in [0.4, 0.5) is 0 Å². The van der Waals surface area contributed by atoms with Gasteiger partial charge in [0.25, 0.3) is 0 Å². The Kier molecular flexibility index (Phi) is 2.52. The van der Waals surface area contributed by atoms with E-state index in [0.29, 0.717) is 0 Å². The van der Waals surface area contributed by atoms with Crippen molar-refractivity contribution < 1.29 is 0 Å². The minimum atomic E-state index is 1.04. The van der Waals surface area contributed by atoms with Gasteiger partial charge in [-0.3, -0.25) is 0 Å². The highest BCUT2D eigenvalue weighted by Crippen LogP contribution is 2.18. The summed E-state index contributed by atoms with van der Waals surface area (Å²) in [6.45, 7) is 2.19. The minimum absolute atomic E-state index is 1.04. The van der Waals surface area contributed by atoms with Gasteiger partial charge in [-0.2, -0.15) is 0 Å². The predicted molar refractivity (Wildman–Crippen MR) is 44.9 cm³/mol. The highest BCUT2D eigenvalue weighted by atomic mass is 79.9. The first-order chi connectivity index (χ1) is 4.33. The summed E-state index contributed by atoms with van der Waals surface area (Å²) >= 11 is 3.44. The molecule has 0 saturated carbocycles. The molecule has 0 aromatic carbocycles. The van der Waals surface area contributed by atoms with Crippen molar-refractivity contribution in [2.75, 3.05) is 5.33 Å². The molecule has 0 amide bonds. The van der Waals surface area contributed by atoms with Gasteiger partial charge in [0.2, 0.25) is 0 Å². The van der Waals surface area contributed by atoms with E-state index in [4.69, 9.17) is 0 Å². The lowest BCUT2D eigenvalue weighted by molar-refractivity contribution is 1.04. The van der Waals surface area contributed by atoms with E-state index in [9.17, 15) is 0 Å². The van der Waals surface area contributed by atoms with Crippen molar-refractivity contribution in [2.24, 2.45) is 0 Å². The number of hydrogen-bond acceptors (Lipinski definition) is 0. The summed E-state index contributed by atoms with van der Waals surface area (Å²) in [5.41, 5.74) is 3.03. The van der Waals surface area contributed by atoms with Gasteiger partial charge in [-0.25, -0.2) is 0 Å². The molecule has 0 bridgehead atoms. The summed E-state index contributed by atoms with van der Waals surface area (Å²) in [5.74, 6) is 0. The van der Waals surface area contributed by atoms with Gasteiger partial charge < -0.3 is 0 Å². The van der Waals surface area contributed by atoms with Crippen LogP contribution in [-0.4, -0.2) is 5.33 Å². The van der Waals surface area contributed by atoms with Crippen LogP contribution < -0.4 is 0 Å². The molecule has 0 spiro atoms. The normalized spacial score (nSPS) is 18.9. The molecule has 1 rings (SSSR count). The fourth-order valence-electron chi connectivity index (χ4n) is 1.03. The van der Waals surface area contributed by atoms with Crippen LogP contribution in [-0.2, 0) is 0 Å². The molecule has 0 radical (unpaired) electrons. The van der Waals surface area contributed by atoms with E-state index in [1.54, 1.807) is 0 Å². The average Bonchev–Trinajstić information content (AvgIpc) is 1.88. The molecule has 0 atom stereocenters. The second-order valence-corrected chi connectivity index (χ2v) is 3.02. The molecule has 0 fully saturated rings. The lowest BCUT2D eigenvalue weighted by Crippen LogP contribution is -1.91. The second-order valence-electron chi connectivity index (χ2n) is 2.46. The maximum atomic E-state index is 3.44. The van der Waals surface area contributed by atoms with Crippen LogP contribution in [0.2, 0.25) is 0 Å². The van der Waals surface area contributed by atoms with Crippen molar-refractivity contribution in [3.63, 3.8) is 0 Å². The minimum Gasteiger partial charge on any atom is -0.0880 e. The molecule has 1 aliphatic rings. The third-order valence-corrected chi connectivity index (χ3v) is 2.27. The van der Waals surface area contributed by atoms with E-state index in [-0.39, 0.29) is 0 Å². The van der Waals surface area contributed by atoms with E-state index in [0.717, 1.165) is 11.8 Å². The highest BCUT2D eigenvalue weighted by Gasteiger charge is 1.99. The molecule has 50 valence electrons. The fraction of sp³-hybridized carbons (Fsp3) is 0.500. The Morgan fingerprint density at radius 1 is 1.56 bits per heavy atom.